The third-order valence-corrected chi connectivity index (χ3v) is 2.63. The van der Waals surface area contributed by atoms with Gasteiger partial charge in [0.1, 0.15) is 0 Å². The molecule has 0 rings (SSSR count). The van der Waals surface area contributed by atoms with Crippen LogP contribution in [0.4, 0.5) is 0 Å². The van der Waals surface area contributed by atoms with E-state index < -0.39 is 5.97 Å². The summed E-state index contributed by atoms with van der Waals surface area (Å²) in [5, 5.41) is 8.49. The van der Waals surface area contributed by atoms with E-state index in [0.29, 0.717) is 19.4 Å². The van der Waals surface area contributed by atoms with Crippen molar-refractivity contribution >= 4 is 11.9 Å². The zero-order valence-electron chi connectivity index (χ0n) is 11.5. The highest BCUT2D eigenvalue weighted by Gasteiger charge is 2.13. The van der Waals surface area contributed by atoms with Crippen molar-refractivity contribution in [2.45, 2.75) is 52.9 Å². The van der Waals surface area contributed by atoms with E-state index in [1.165, 1.54) is 0 Å². The van der Waals surface area contributed by atoms with Crippen LogP contribution in [0.15, 0.2) is 0 Å². The Morgan fingerprint density at radius 1 is 1.12 bits per heavy atom. The molecule has 0 fully saturated rings. The molecule has 1 N–H and O–H groups in total. The maximum atomic E-state index is 11.7. The van der Waals surface area contributed by atoms with Crippen LogP contribution >= 0.6 is 0 Å². The quantitative estimate of drug-likeness (QED) is 0.747. The fourth-order valence-electron chi connectivity index (χ4n) is 1.55. The lowest BCUT2D eigenvalue weighted by Crippen LogP contribution is -2.28. The molecule has 0 aromatic heterocycles. The summed E-state index contributed by atoms with van der Waals surface area (Å²) in [7, 11) is 1.74. The number of nitrogens with zero attached hydrogens (tertiary/aromatic N) is 1. The molecule has 0 aliphatic rings. The van der Waals surface area contributed by atoms with Crippen molar-refractivity contribution in [2.24, 2.45) is 5.41 Å². The van der Waals surface area contributed by atoms with Crippen molar-refractivity contribution in [2.75, 3.05) is 13.6 Å². The van der Waals surface area contributed by atoms with E-state index in [9.17, 15) is 9.59 Å². The molecule has 0 saturated heterocycles. The van der Waals surface area contributed by atoms with E-state index >= 15 is 0 Å². The van der Waals surface area contributed by atoms with Crippen LogP contribution in [-0.4, -0.2) is 35.5 Å². The van der Waals surface area contributed by atoms with Gasteiger partial charge in [-0.25, -0.2) is 0 Å². The molecule has 0 aliphatic carbocycles. The Hall–Kier alpha value is -1.06. The van der Waals surface area contributed by atoms with Gasteiger partial charge in [-0.2, -0.15) is 0 Å². The number of carboxylic acids is 1. The fourth-order valence-corrected chi connectivity index (χ4v) is 1.55. The summed E-state index contributed by atoms with van der Waals surface area (Å²) < 4.78 is 0. The number of hydrogen-bond acceptors (Lipinski definition) is 2. The Labute approximate surface area is 104 Å². The highest BCUT2D eigenvalue weighted by atomic mass is 16.4. The Kier molecular flexibility index (Phi) is 6.85. The molecule has 4 nitrogen and oxygen atoms in total. The number of aliphatic carboxylic acids is 1. The first-order chi connectivity index (χ1) is 7.72. The number of hydrogen-bond donors (Lipinski definition) is 1. The average Bonchev–Trinajstić information content (AvgIpc) is 2.14. The zero-order chi connectivity index (χ0) is 13.5. The van der Waals surface area contributed by atoms with Gasteiger partial charge in [-0.05, 0) is 24.7 Å². The fraction of sp³-hybridized carbons (Fsp3) is 0.846. The Balaban J connectivity index is 3.71. The summed E-state index contributed by atoms with van der Waals surface area (Å²) in [6.07, 6.45) is 3.13. The average molecular weight is 243 g/mol. The first-order valence-corrected chi connectivity index (χ1v) is 6.18. The van der Waals surface area contributed by atoms with Crippen molar-refractivity contribution in [1.82, 2.24) is 4.90 Å². The Bertz CT molecular complexity index is 256. The van der Waals surface area contributed by atoms with Crippen LogP contribution in [0.3, 0.4) is 0 Å². The van der Waals surface area contributed by atoms with Crippen LogP contribution in [0.1, 0.15) is 52.9 Å². The summed E-state index contributed by atoms with van der Waals surface area (Å²) in [5.74, 6) is -0.696. The van der Waals surface area contributed by atoms with Gasteiger partial charge in [0, 0.05) is 26.4 Å². The molecule has 0 aromatic carbocycles. The molecular weight excluding hydrogens is 218 g/mol. The summed E-state index contributed by atoms with van der Waals surface area (Å²) in [4.78, 5) is 23.6. The minimum absolute atomic E-state index is 0.111. The zero-order valence-corrected chi connectivity index (χ0v) is 11.5. The molecule has 0 saturated carbocycles. The van der Waals surface area contributed by atoms with Crippen LogP contribution in [-0.2, 0) is 9.59 Å². The maximum absolute atomic E-state index is 11.7. The summed E-state index contributed by atoms with van der Waals surface area (Å²) in [6, 6.07) is 0. The van der Waals surface area contributed by atoms with Crippen LogP contribution in [0, 0.1) is 5.41 Å². The molecule has 0 aliphatic heterocycles. The third-order valence-electron chi connectivity index (χ3n) is 2.63. The summed E-state index contributed by atoms with van der Waals surface area (Å²) in [5.41, 5.74) is 0.266. The van der Waals surface area contributed by atoms with Crippen molar-refractivity contribution in [3.05, 3.63) is 0 Å². The van der Waals surface area contributed by atoms with Gasteiger partial charge >= 0.3 is 5.97 Å². The molecule has 0 aromatic rings. The topological polar surface area (TPSA) is 57.6 Å². The molecule has 0 atom stereocenters. The van der Waals surface area contributed by atoms with Crippen molar-refractivity contribution in [1.29, 1.82) is 0 Å². The van der Waals surface area contributed by atoms with Gasteiger partial charge in [0.25, 0.3) is 0 Å². The number of carboxylic acid groups (broad SMARTS) is 1. The lowest BCUT2D eigenvalue weighted by molar-refractivity contribution is -0.138. The SMILES string of the molecule is CN(CCCC(=O)O)C(=O)CCCC(C)(C)C. The van der Waals surface area contributed by atoms with Crippen LogP contribution in [0.5, 0.6) is 0 Å². The predicted octanol–water partition coefficient (Wildman–Crippen LogP) is 2.53. The van der Waals surface area contributed by atoms with E-state index in [1.807, 2.05) is 0 Å². The maximum Gasteiger partial charge on any atom is 0.303 e. The highest BCUT2D eigenvalue weighted by Crippen LogP contribution is 2.21. The number of carbonyl (C=O) groups excluding carboxylic acids is 1. The molecule has 100 valence electrons. The van der Waals surface area contributed by atoms with Gasteiger partial charge < -0.3 is 10.0 Å². The van der Waals surface area contributed by atoms with Gasteiger partial charge in [0.2, 0.25) is 5.91 Å². The monoisotopic (exact) mass is 243 g/mol. The Morgan fingerprint density at radius 2 is 1.71 bits per heavy atom. The molecule has 17 heavy (non-hydrogen) atoms. The minimum Gasteiger partial charge on any atom is -0.481 e. The molecule has 0 bridgehead atoms. The number of rotatable bonds is 7. The van der Waals surface area contributed by atoms with Crippen molar-refractivity contribution < 1.29 is 14.7 Å². The van der Waals surface area contributed by atoms with Crippen molar-refractivity contribution in [3.63, 3.8) is 0 Å². The highest BCUT2D eigenvalue weighted by molar-refractivity contribution is 5.75. The largest absolute Gasteiger partial charge is 0.481 e. The second-order valence-electron chi connectivity index (χ2n) is 5.73. The minimum atomic E-state index is -0.807. The number of carbonyl (C=O) groups is 2. The normalized spacial score (nSPS) is 11.3. The molecule has 1 amide bonds. The van der Waals surface area contributed by atoms with E-state index in [2.05, 4.69) is 20.8 Å². The van der Waals surface area contributed by atoms with Gasteiger partial charge in [0.15, 0.2) is 0 Å². The van der Waals surface area contributed by atoms with Crippen LogP contribution in [0.2, 0.25) is 0 Å². The van der Waals surface area contributed by atoms with Crippen LogP contribution in [0.25, 0.3) is 0 Å². The third kappa shape index (κ3) is 9.85. The van der Waals surface area contributed by atoms with Gasteiger partial charge in [0.05, 0.1) is 0 Å². The number of amides is 1. The van der Waals surface area contributed by atoms with Gasteiger partial charge in [-0.15, -0.1) is 0 Å². The molecule has 0 radical (unpaired) electrons. The van der Waals surface area contributed by atoms with Crippen molar-refractivity contribution in [3.8, 4) is 0 Å². The molecule has 0 spiro atoms. The lowest BCUT2D eigenvalue weighted by atomic mass is 9.90. The first kappa shape index (κ1) is 15.9. The van der Waals surface area contributed by atoms with Gasteiger partial charge in [-0.1, -0.05) is 20.8 Å². The van der Waals surface area contributed by atoms with E-state index in [0.717, 1.165) is 12.8 Å². The van der Waals surface area contributed by atoms with Crippen LogP contribution < -0.4 is 0 Å². The smallest absolute Gasteiger partial charge is 0.303 e. The Morgan fingerprint density at radius 3 is 2.18 bits per heavy atom. The lowest BCUT2D eigenvalue weighted by Gasteiger charge is -2.20. The van der Waals surface area contributed by atoms with Gasteiger partial charge in [-0.3, -0.25) is 9.59 Å². The standard InChI is InChI=1S/C13H25NO3/c1-13(2,3)9-5-7-11(15)14(4)10-6-8-12(16)17/h5-10H2,1-4H3,(H,16,17). The molecule has 4 heteroatoms. The van der Waals surface area contributed by atoms with E-state index in [4.69, 9.17) is 5.11 Å². The first-order valence-electron chi connectivity index (χ1n) is 6.18. The molecule has 0 heterocycles. The predicted molar refractivity (Wildman–Crippen MR) is 67.8 cm³/mol. The molecule has 0 unspecified atom stereocenters. The second-order valence-corrected chi connectivity index (χ2v) is 5.73. The molecular formula is C13H25NO3. The van der Waals surface area contributed by atoms with E-state index in [-0.39, 0.29) is 17.7 Å². The summed E-state index contributed by atoms with van der Waals surface area (Å²) >= 11 is 0. The second kappa shape index (κ2) is 7.30. The summed E-state index contributed by atoms with van der Waals surface area (Å²) in [6.45, 7) is 7.01. The van der Waals surface area contributed by atoms with E-state index in [1.54, 1.807) is 11.9 Å².